The number of hydrogen-bond donors (Lipinski definition) is 0. The van der Waals surface area contributed by atoms with Gasteiger partial charge in [0.2, 0.25) is 0 Å². The maximum atomic E-state index is 5.79. The normalized spacial score (nSPS) is 18.6. The first kappa shape index (κ1) is 23.0. The van der Waals surface area contributed by atoms with Gasteiger partial charge in [-0.2, -0.15) is 0 Å². The van der Waals surface area contributed by atoms with Gasteiger partial charge in [0.1, 0.15) is 18.0 Å². The van der Waals surface area contributed by atoms with Crippen LogP contribution in [0.5, 0.6) is 5.75 Å². The van der Waals surface area contributed by atoms with E-state index >= 15 is 0 Å². The van der Waals surface area contributed by atoms with Crippen molar-refractivity contribution in [2.75, 3.05) is 13.2 Å². The number of allylic oxidation sites excluding steroid dienone is 2. The van der Waals surface area contributed by atoms with E-state index in [1.54, 1.807) is 0 Å². The summed E-state index contributed by atoms with van der Waals surface area (Å²) in [7, 11) is 0. The summed E-state index contributed by atoms with van der Waals surface area (Å²) in [4.78, 5) is 0. The standard InChI is InChI=1S/C26H42O2/c1-3-4-5-6-7-8-9-10-11-12-13-14-15-16-17-24-18-20-25(21-19-24)27-22-26(2)23-28-26/h7-8,18-21H,3-6,9-17,22-23H2,1-2H3/b8-7+. The number of rotatable bonds is 17. The highest BCUT2D eigenvalue weighted by molar-refractivity contribution is 5.27. The van der Waals surface area contributed by atoms with Crippen molar-refractivity contribution in [3.63, 3.8) is 0 Å². The highest BCUT2D eigenvalue weighted by Crippen LogP contribution is 2.27. The van der Waals surface area contributed by atoms with Crippen LogP contribution in [0.25, 0.3) is 0 Å². The fourth-order valence-corrected chi connectivity index (χ4v) is 3.42. The average molecular weight is 387 g/mol. The lowest BCUT2D eigenvalue weighted by Crippen LogP contribution is -2.16. The predicted octanol–water partition coefficient (Wildman–Crippen LogP) is 7.65. The summed E-state index contributed by atoms with van der Waals surface area (Å²) in [6.45, 7) is 5.83. The number of benzene rings is 1. The molecule has 2 nitrogen and oxygen atoms in total. The van der Waals surface area contributed by atoms with Crippen molar-refractivity contribution >= 4 is 0 Å². The van der Waals surface area contributed by atoms with Crippen LogP contribution in [-0.4, -0.2) is 18.8 Å². The van der Waals surface area contributed by atoms with Crippen LogP contribution in [0.3, 0.4) is 0 Å². The largest absolute Gasteiger partial charge is 0.491 e. The highest BCUT2D eigenvalue weighted by Gasteiger charge is 2.40. The monoisotopic (exact) mass is 386 g/mol. The molecule has 0 aromatic heterocycles. The smallest absolute Gasteiger partial charge is 0.123 e. The minimum atomic E-state index is -0.0381. The molecule has 1 heterocycles. The van der Waals surface area contributed by atoms with Gasteiger partial charge in [-0.05, 0) is 63.1 Å². The number of ether oxygens (including phenoxy) is 2. The molecule has 0 N–H and O–H groups in total. The van der Waals surface area contributed by atoms with Gasteiger partial charge in [-0.1, -0.05) is 76.2 Å². The first-order valence-electron chi connectivity index (χ1n) is 11.7. The van der Waals surface area contributed by atoms with E-state index in [4.69, 9.17) is 9.47 Å². The van der Waals surface area contributed by atoms with E-state index < -0.39 is 0 Å². The third-order valence-electron chi connectivity index (χ3n) is 5.58. The van der Waals surface area contributed by atoms with Gasteiger partial charge in [0, 0.05) is 0 Å². The molecule has 0 spiro atoms. The Morgan fingerprint density at radius 2 is 1.43 bits per heavy atom. The molecular formula is C26H42O2. The Morgan fingerprint density at radius 3 is 2.04 bits per heavy atom. The van der Waals surface area contributed by atoms with Gasteiger partial charge >= 0.3 is 0 Å². The Bertz CT molecular complexity index is 528. The van der Waals surface area contributed by atoms with Gasteiger partial charge < -0.3 is 9.47 Å². The minimum absolute atomic E-state index is 0.0381. The van der Waals surface area contributed by atoms with E-state index in [1.807, 2.05) is 0 Å². The number of epoxide rings is 1. The van der Waals surface area contributed by atoms with Crippen LogP contribution in [0.15, 0.2) is 36.4 Å². The second-order valence-electron chi connectivity index (χ2n) is 8.65. The molecule has 0 aliphatic carbocycles. The lowest BCUT2D eigenvalue weighted by molar-refractivity contribution is 0.202. The summed E-state index contributed by atoms with van der Waals surface area (Å²) in [6.07, 6.45) is 22.2. The van der Waals surface area contributed by atoms with Gasteiger partial charge in [0.15, 0.2) is 0 Å². The van der Waals surface area contributed by atoms with Gasteiger partial charge in [0.05, 0.1) is 6.61 Å². The van der Waals surface area contributed by atoms with Crippen molar-refractivity contribution in [3.8, 4) is 5.75 Å². The molecule has 1 fully saturated rings. The van der Waals surface area contributed by atoms with Crippen LogP contribution < -0.4 is 4.74 Å². The Morgan fingerprint density at radius 1 is 0.857 bits per heavy atom. The first-order valence-corrected chi connectivity index (χ1v) is 11.7. The molecule has 1 unspecified atom stereocenters. The summed E-state index contributed by atoms with van der Waals surface area (Å²) in [5.74, 6) is 0.955. The quantitative estimate of drug-likeness (QED) is 0.156. The van der Waals surface area contributed by atoms with Crippen molar-refractivity contribution < 1.29 is 9.47 Å². The van der Waals surface area contributed by atoms with Crippen LogP contribution in [0.1, 0.15) is 96.5 Å². The van der Waals surface area contributed by atoms with E-state index in [1.165, 1.54) is 89.0 Å². The highest BCUT2D eigenvalue weighted by atomic mass is 16.6. The molecular weight excluding hydrogens is 344 g/mol. The second-order valence-corrected chi connectivity index (χ2v) is 8.65. The molecule has 2 heteroatoms. The summed E-state index contributed by atoms with van der Waals surface area (Å²) >= 11 is 0. The van der Waals surface area contributed by atoms with Crippen molar-refractivity contribution in [2.45, 2.75) is 103 Å². The summed E-state index contributed by atoms with van der Waals surface area (Å²) in [5, 5.41) is 0. The maximum absolute atomic E-state index is 5.79. The predicted molar refractivity (Wildman–Crippen MR) is 120 cm³/mol. The zero-order chi connectivity index (χ0) is 19.9. The van der Waals surface area contributed by atoms with Crippen molar-refractivity contribution in [3.05, 3.63) is 42.0 Å². The first-order chi connectivity index (χ1) is 13.7. The Balaban J connectivity index is 1.38. The number of unbranched alkanes of at least 4 members (excludes halogenated alkanes) is 10. The lowest BCUT2D eigenvalue weighted by atomic mass is 10.0. The molecule has 1 aliphatic heterocycles. The molecule has 1 aromatic carbocycles. The third-order valence-corrected chi connectivity index (χ3v) is 5.58. The summed E-state index contributed by atoms with van der Waals surface area (Å²) < 4.78 is 11.1. The molecule has 0 bridgehead atoms. The van der Waals surface area contributed by atoms with Crippen LogP contribution in [-0.2, 0) is 11.2 Å². The molecule has 0 amide bonds. The van der Waals surface area contributed by atoms with Crippen LogP contribution in [0, 0.1) is 0 Å². The maximum Gasteiger partial charge on any atom is 0.123 e. The zero-order valence-electron chi connectivity index (χ0n) is 18.4. The molecule has 1 aliphatic rings. The summed E-state index contributed by atoms with van der Waals surface area (Å²) in [5.41, 5.74) is 1.39. The van der Waals surface area contributed by atoms with Crippen LogP contribution >= 0.6 is 0 Å². The van der Waals surface area contributed by atoms with Crippen molar-refractivity contribution in [1.82, 2.24) is 0 Å². The Hall–Kier alpha value is -1.28. The SMILES string of the molecule is CCCCC/C=C/CCCCCCCCCc1ccc(OCC2(C)CO2)cc1. The fraction of sp³-hybridized carbons (Fsp3) is 0.692. The van der Waals surface area contributed by atoms with Crippen LogP contribution in [0.4, 0.5) is 0 Å². The van der Waals surface area contributed by atoms with E-state index in [0.29, 0.717) is 6.61 Å². The minimum Gasteiger partial charge on any atom is -0.491 e. The molecule has 0 radical (unpaired) electrons. The topological polar surface area (TPSA) is 21.8 Å². The van der Waals surface area contributed by atoms with Gasteiger partial charge in [-0.3, -0.25) is 0 Å². The molecule has 1 aromatic rings. The van der Waals surface area contributed by atoms with Crippen molar-refractivity contribution in [2.24, 2.45) is 0 Å². The fourth-order valence-electron chi connectivity index (χ4n) is 3.42. The van der Waals surface area contributed by atoms with Gasteiger partial charge in [0.25, 0.3) is 0 Å². The van der Waals surface area contributed by atoms with E-state index in [-0.39, 0.29) is 5.60 Å². The molecule has 1 saturated heterocycles. The second kappa shape index (κ2) is 13.8. The van der Waals surface area contributed by atoms with Gasteiger partial charge in [-0.15, -0.1) is 0 Å². The number of aryl methyl sites for hydroxylation is 1. The summed E-state index contributed by atoms with van der Waals surface area (Å²) in [6, 6.07) is 8.61. The zero-order valence-corrected chi connectivity index (χ0v) is 18.4. The van der Waals surface area contributed by atoms with E-state index in [9.17, 15) is 0 Å². The Labute approximate surface area is 173 Å². The van der Waals surface area contributed by atoms with E-state index in [0.717, 1.165) is 12.4 Å². The average Bonchev–Trinajstić information content (AvgIpc) is 3.45. The van der Waals surface area contributed by atoms with Gasteiger partial charge in [-0.25, -0.2) is 0 Å². The lowest BCUT2D eigenvalue weighted by Gasteiger charge is -2.09. The molecule has 0 saturated carbocycles. The van der Waals surface area contributed by atoms with Crippen LogP contribution in [0.2, 0.25) is 0 Å². The molecule has 1 atom stereocenters. The third kappa shape index (κ3) is 10.9. The molecule has 158 valence electrons. The molecule has 2 rings (SSSR count). The number of hydrogen-bond acceptors (Lipinski definition) is 2. The Kier molecular flexibility index (Phi) is 11.4. The molecule has 28 heavy (non-hydrogen) atoms. The van der Waals surface area contributed by atoms with Crippen molar-refractivity contribution in [1.29, 1.82) is 0 Å². The van der Waals surface area contributed by atoms with E-state index in [2.05, 4.69) is 50.3 Å².